The van der Waals surface area contributed by atoms with Crippen LogP contribution in [0, 0.1) is 0 Å². The molecule has 0 saturated carbocycles. The van der Waals surface area contributed by atoms with Gasteiger partial charge >= 0.3 is 0 Å². The minimum absolute atomic E-state index is 0.0643. The van der Waals surface area contributed by atoms with Gasteiger partial charge in [0.15, 0.2) is 5.78 Å². The lowest BCUT2D eigenvalue weighted by Gasteiger charge is -2.09. The van der Waals surface area contributed by atoms with Crippen LogP contribution in [0.4, 0.5) is 0 Å². The molecule has 2 nitrogen and oxygen atoms in total. The molecule has 0 aliphatic heterocycles. The van der Waals surface area contributed by atoms with Crippen LogP contribution in [-0.2, 0) is 5.33 Å². The highest BCUT2D eigenvalue weighted by atomic mass is 79.9. The van der Waals surface area contributed by atoms with E-state index >= 15 is 0 Å². The molecule has 15 heavy (non-hydrogen) atoms. The Hall–Kier alpha value is -0.350. The molecule has 1 atom stereocenters. The van der Waals surface area contributed by atoms with Gasteiger partial charge in [0.1, 0.15) is 5.75 Å². The number of carbonyl (C=O) groups excluding carboxylic acids is 1. The molecule has 1 aromatic carbocycles. The third-order valence-electron chi connectivity index (χ3n) is 2.08. The number of rotatable bonds is 4. The predicted molar refractivity (Wildman–Crippen MR) is 68.3 cm³/mol. The minimum atomic E-state index is -0.169. The summed E-state index contributed by atoms with van der Waals surface area (Å²) in [7, 11) is 1.60. The third-order valence-corrected chi connectivity index (χ3v) is 3.10. The predicted octanol–water partition coefficient (Wildman–Crippen LogP) is 3.56. The van der Waals surface area contributed by atoms with Crippen LogP contribution in [0.5, 0.6) is 5.75 Å². The SMILES string of the molecule is COc1cc(C(=O)C(C)Br)ccc1CBr. The van der Waals surface area contributed by atoms with Crippen LogP contribution in [0.3, 0.4) is 0 Å². The van der Waals surface area contributed by atoms with E-state index in [2.05, 4.69) is 31.9 Å². The van der Waals surface area contributed by atoms with Gasteiger partial charge in [0.25, 0.3) is 0 Å². The van der Waals surface area contributed by atoms with Crippen LogP contribution >= 0.6 is 31.9 Å². The van der Waals surface area contributed by atoms with Crippen molar-refractivity contribution < 1.29 is 9.53 Å². The molecule has 0 aromatic heterocycles. The maximum atomic E-state index is 11.7. The van der Waals surface area contributed by atoms with Gasteiger partial charge in [0.05, 0.1) is 11.9 Å². The second kappa shape index (κ2) is 5.66. The van der Waals surface area contributed by atoms with Gasteiger partial charge < -0.3 is 4.74 Å². The van der Waals surface area contributed by atoms with Crippen LogP contribution in [-0.4, -0.2) is 17.7 Å². The highest BCUT2D eigenvalue weighted by molar-refractivity contribution is 9.10. The Bertz CT molecular complexity index is 362. The number of methoxy groups -OCH3 is 1. The summed E-state index contributed by atoms with van der Waals surface area (Å²) in [4.78, 5) is 11.5. The van der Waals surface area contributed by atoms with Crippen molar-refractivity contribution in [3.63, 3.8) is 0 Å². The molecular weight excluding hydrogens is 324 g/mol. The van der Waals surface area contributed by atoms with Crippen molar-refractivity contribution in [2.45, 2.75) is 17.1 Å². The zero-order valence-corrected chi connectivity index (χ0v) is 11.8. The van der Waals surface area contributed by atoms with Crippen molar-refractivity contribution in [3.05, 3.63) is 29.3 Å². The topological polar surface area (TPSA) is 26.3 Å². The van der Waals surface area contributed by atoms with E-state index in [0.717, 1.165) is 11.3 Å². The number of benzene rings is 1. The van der Waals surface area contributed by atoms with E-state index in [4.69, 9.17) is 4.74 Å². The summed E-state index contributed by atoms with van der Waals surface area (Å²) in [5.41, 5.74) is 1.71. The fourth-order valence-electron chi connectivity index (χ4n) is 1.24. The van der Waals surface area contributed by atoms with E-state index < -0.39 is 0 Å². The molecule has 4 heteroatoms. The third kappa shape index (κ3) is 3.05. The first-order valence-electron chi connectivity index (χ1n) is 4.51. The average molecular weight is 336 g/mol. The van der Waals surface area contributed by atoms with Crippen molar-refractivity contribution >= 4 is 37.6 Å². The van der Waals surface area contributed by atoms with Crippen LogP contribution < -0.4 is 4.74 Å². The van der Waals surface area contributed by atoms with Gasteiger partial charge in [-0.25, -0.2) is 0 Å². The van der Waals surface area contributed by atoms with Crippen molar-refractivity contribution in [2.24, 2.45) is 0 Å². The first kappa shape index (κ1) is 12.7. The van der Waals surface area contributed by atoms with E-state index in [0.29, 0.717) is 10.9 Å². The van der Waals surface area contributed by atoms with Gasteiger partial charge in [-0.2, -0.15) is 0 Å². The normalized spacial score (nSPS) is 12.3. The number of hydrogen-bond acceptors (Lipinski definition) is 2. The lowest BCUT2D eigenvalue weighted by atomic mass is 10.1. The first-order chi connectivity index (χ1) is 7.10. The molecule has 0 fully saturated rings. The van der Waals surface area contributed by atoms with Gasteiger partial charge in [-0.05, 0) is 13.0 Å². The molecule has 0 amide bonds. The van der Waals surface area contributed by atoms with Gasteiger partial charge in [-0.1, -0.05) is 44.0 Å². The first-order valence-corrected chi connectivity index (χ1v) is 6.55. The van der Waals surface area contributed by atoms with Crippen molar-refractivity contribution in [3.8, 4) is 5.75 Å². The van der Waals surface area contributed by atoms with Gasteiger partial charge in [-0.15, -0.1) is 0 Å². The number of halogens is 2. The molecule has 0 N–H and O–H groups in total. The van der Waals surface area contributed by atoms with E-state index in [1.54, 1.807) is 13.2 Å². The number of carbonyl (C=O) groups is 1. The molecule has 0 aliphatic rings. The van der Waals surface area contributed by atoms with E-state index in [1.165, 1.54) is 0 Å². The average Bonchev–Trinajstić information content (AvgIpc) is 2.26. The molecule has 1 rings (SSSR count). The molecule has 0 aliphatic carbocycles. The number of alkyl halides is 2. The Kier molecular flexibility index (Phi) is 4.80. The fraction of sp³-hybridized carbons (Fsp3) is 0.364. The Morgan fingerprint density at radius 3 is 2.67 bits per heavy atom. The van der Waals surface area contributed by atoms with Gasteiger partial charge in [0.2, 0.25) is 0 Å². The summed E-state index contributed by atoms with van der Waals surface area (Å²) >= 11 is 6.62. The van der Waals surface area contributed by atoms with Gasteiger partial charge in [0, 0.05) is 16.5 Å². The summed E-state index contributed by atoms with van der Waals surface area (Å²) < 4.78 is 5.21. The highest BCUT2D eigenvalue weighted by Gasteiger charge is 2.13. The van der Waals surface area contributed by atoms with E-state index in [-0.39, 0.29) is 10.6 Å². The summed E-state index contributed by atoms with van der Waals surface area (Å²) in [6.07, 6.45) is 0. The Morgan fingerprint density at radius 1 is 1.53 bits per heavy atom. The number of hydrogen-bond donors (Lipinski definition) is 0. The fourth-order valence-corrected chi connectivity index (χ4v) is 1.97. The molecule has 0 heterocycles. The standard InChI is InChI=1S/C11H12Br2O2/c1-7(13)11(14)8-3-4-9(6-12)10(5-8)15-2/h3-5,7H,6H2,1-2H3. The molecule has 0 radical (unpaired) electrons. The zero-order chi connectivity index (χ0) is 11.4. The lowest BCUT2D eigenvalue weighted by molar-refractivity contribution is 0.0995. The van der Waals surface area contributed by atoms with Gasteiger partial charge in [-0.3, -0.25) is 4.79 Å². The molecule has 82 valence electrons. The van der Waals surface area contributed by atoms with E-state index in [1.807, 2.05) is 19.1 Å². The molecule has 1 unspecified atom stereocenters. The van der Waals surface area contributed by atoms with Crippen LogP contribution in [0.1, 0.15) is 22.8 Å². The highest BCUT2D eigenvalue weighted by Crippen LogP contribution is 2.23. The van der Waals surface area contributed by atoms with E-state index in [9.17, 15) is 4.79 Å². The Morgan fingerprint density at radius 2 is 2.20 bits per heavy atom. The number of ketones is 1. The molecule has 0 spiro atoms. The smallest absolute Gasteiger partial charge is 0.176 e. The monoisotopic (exact) mass is 334 g/mol. The van der Waals surface area contributed by atoms with Crippen LogP contribution in [0.15, 0.2) is 18.2 Å². The molecular formula is C11H12Br2O2. The number of ether oxygens (including phenoxy) is 1. The van der Waals surface area contributed by atoms with Crippen molar-refractivity contribution in [1.29, 1.82) is 0 Å². The quantitative estimate of drug-likeness (QED) is 0.621. The maximum absolute atomic E-state index is 11.7. The second-order valence-electron chi connectivity index (χ2n) is 3.14. The summed E-state index contributed by atoms with van der Waals surface area (Å²) in [6.45, 7) is 1.81. The summed E-state index contributed by atoms with van der Waals surface area (Å²) in [6, 6.07) is 5.49. The Balaban J connectivity index is 3.08. The van der Waals surface area contributed by atoms with Crippen LogP contribution in [0.2, 0.25) is 0 Å². The molecule has 0 saturated heterocycles. The Labute approximate surface area is 106 Å². The number of Topliss-reactive ketones (excluding diaryl/α,β-unsaturated/α-hetero) is 1. The summed E-state index contributed by atoms with van der Waals surface area (Å²) in [5.74, 6) is 0.806. The van der Waals surface area contributed by atoms with Crippen LogP contribution in [0.25, 0.3) is 0 Å². The lowest BCUT2D eigenvalue weighted by Crippen LogP contribution is -2.10. The van der Waals surface area contributed by atoms with Crippen molar-refractivity contribution in [1.82, 2.24) is 0 Å². The minimum Gasteiger partial charge on any atom is -0.496 e. The van der Waals surface area contributed by atoms with Crippen molar-refractivity contribution in [2.75, 3.05) is 7.11 Å². The summed E-state index contributed by atoms with van der Waals surface area (Å²) in [5, 5.41) is 0.717. The maximum Gasteiger partial charge on any atom is 0.176 e. The largest absolute Gasteiger partial charge is 0.496 e. The second-order valence-corrected chi connectivity index (χ2v) is 5.07. The molecule has 0 bridgehead atoms. The molecule has 1 aromatic rings. The zero-order valence-electron chi connectivity index (χ0n) is 8.59.